The standard InChI is InChI=1S/C7H17N4O2P/c1-9-7(8)10-4-2-3-5(11-14)6(12)13/h5,11H,2-4,14H2,1H3,(H,12,13)(H3,8,9,10). The summed E-state index contributed by atoms with van der Waals surface area (Å²) in [5.74, 6) is -0.479. The molecule has 0 aromatic heterocycles. The number of nitrogens with one attached hydrogen (secondary N) is 2. The van der Waals surface area contributed by atoms with E-state index >= 15 is 0 Å². The van der Waals surface area contributed by atoms with Gasteiger partial charge in [0.05, 0.1) is 0 Å². The Morgan fingerprint density at radius 3 is 2.79 bits per heavy atom. The molecule has 0 rings (SSSR count). The zero-order valence-corrected chi connectivity index (χ0v) is 9.31. The van der Waals surface area contributed by atoms with Gasteiger partial charge in [0.15, 0.2) is 5.96 Å². The highest BCUT2D eigenvalue weighted by Gasteiger charge is 2.13. The van der Waals surface area contributed by atoms with E-state index in [9.17, 15) is 4.79 Å². The van der Waals surface area contributed by atoms with Crippen LogP contribution >= 0.6 is 9.39 Å². The molecule has 0 spiro atoms. The number of carbonyl (C=O) groups is 1. The molecule has 0 heterocycles. The Morgan fingerprint density at radius 2 is 2.36 bits per heavy atom. The van der Waals surface area contributed by atoms with Crippen molar-refractivity contribution in [1.82, 2.24) is 10.4 Å². The average molecular weight is 220 g/mol. The normalized spacial score (nSPS) is 13.7. The summed E-state index contributed by atoms with van der Waals surface area (Å²) in [5.41, 5.74) is 5.38. The van der Waals surface area contributed by atoms with Crippen molar-refractivity contribution in [2.75, 3.05) is 13.6 Å². The van der Waals surface area contributed by atoms with Gasteiger partial charge in [-0.1, -0.05) is 9.39 Å². The number of carboxylic acids is 1. The van der Waals surface area contributed by atoms with Crippen LogP contribution in [0, 0.1) is 0 Å². The first kappa shape index (κ1) is 13.1. The molecule has 0 fully saturated rings. The summed E-state index contributed by atoms with van der Waals surface area (Å²) < 4.78 is 0. The Morgan fingerprint density at radius 1 is 1.71 bits per heavy atom. The maximum Gasteiger partial charge on any atom is 0.320 e. The number of hydrogen-bond acceptors (Lipinski definition) is 3. The Balaban J connectivity index is 3.57. The van der Waals surface area contributed by atoms with Gasteiger partial charge in [-0.25, -0.2) is 0 Å². The van der Waals surface area contributed by atoms with Crippen LogP contribution in [0.25, 0.3) is 0 Å². The molecule has 6 nitrogen and oxygen atoms in total. The maximum absolute atomic E-state index is 10.6. The van der Waals surface area contributed by atoms with E-state index in [1.807, 2.05) is 0 Å². The van der Waals surface area contributed by atoms with E-state index < -0.39 is 12.0 Å². The fourth-order valence-corrected chi connectivity index (χ4v) is 1.19. The number of rotatable bonds is 6. The Labute approximate surface area is 85.6 Å². The summed E-state index contributed by atoms with van der Waals surface area (Å²) in [7, 11) is 3.79. The van der Waals surface area contributed by atoms with Crippen molar-refractivity contribution in [3.8, 4) is 0 Å². The molecule has 14 heavy (non-hydrogen) atoms. The lowest BCUT2D eigenvalue weighted by Crippen LogP contribution is -2.34. The molecule has 82 valence electrons. The van der Waals surface area contributed by atoms with E-state index in [4.69, 9.17) is 10.8 Å². The van der Waals surface area contributed by atoms with Crippen molar-refractivity contribution in [2.24, 2.45) is 10.7 Å². The predicted molar refractivity (Wildman–Crippen MR) is 59.1 cm³/mol. The summed E-state index contributed by atoms with van der Waals surface area (Å²) in [6.07, 6.45) is 1.26. The number of aliphatic imine (C=N–C) groups is 1. The van der Waals surface area contributed by atoms with Crippen LogP contribution in [0.2, 0.25) is 0 Å². The summed E-state index contributed by atoms with van der Waals surface area (Å²) in [5, 5.41) is 14.2. The summed E-state index contributed by atoms with van der Waals surface area (Å²) >= 11 is 0. The number of nitrogens with zero attached hydrogens (tertiary/aromatic N) is 1. The third-order valence-corrected chi connectivity index (χ3v) is 2.12. The lowest BCUT2D eigenvalue weighted by Gasteiger charge is -2.10. The highest BCUT2D eigenvalue weighted by Crippen LogP contribution is 1.98. The lowest BCUT2D eigenvalue weighted by atomic mass is 10.2. The van der Waals surface area contributed by atoms with Crippen LogP contribution in [0.4, 0.5) is 0 Å². The van der Waals surface area contributed by atoms with Crippen LogP contribution in [0.15, 0.2) is 4.99 Å². The first-order valence-corrected chi connectivity index (χ1v) is 4.84. The van der Waals surface area contributed by atoms with E-state index in [1.165, 1.54) is 0 Å². The molecule has 5 N–H and O–H groups in total. The predicted octanol–water partition coefficient (Wildman–Crippen LogP) is -0.866. The van der Waals surface area contributed by atoms with Crippen LogP contribution in [-0.4, -0.2) is 36.7 Å². The zero-order valence-electron chi connectivity index (χ0n) is 8.16. The van der Waals surface area contributed by atoms with Crippen molar-refractivity contribution in [3.63, 3.8) is 0 Å². The van der Waals surface area contributed by atoms with Crippen LogP contribution in [-0.2, 0) is 4.79 Å². The first-order chi connectivity index (χ1) is 6.61. The minimum Gasteiger partial charge on any atom is -0.480 e. The molecule has 0 aromatic carbocycles. The SMILES string of the molecule is CN=C(N)NCCCC(NP)C(=O)O. The maximum atomic E-state index is 10.6. The number of guanidine groups is 1. The van der Waals surface area contributed by atoms with Gasteiger partial charge in [-0.2, -0.15) is 0 Å². The second-order valence-corrected chi connectivity index (χ2v) is 3.07. The smallest absolute Gasteiger partial charge is 0.320 e. The van der Waals surface area contributed by atoms with E-state index in [1.54, 1.807) is 7.05 Å². The second-order valence-electron chi connectivity index (χ2n) is 2.74. The van der Waals surface area contributed by atoms with Crippen LogP contribution < -0.4 is 16.1 Å². The van der Waals surface area contributed by atoms with Crippen LogP contribution in [0.3, 0.4) is 0 Å². The van der Waals surface area contributed by atoms with Crippen molar-refractivity contribution in [3.05, 3.63) is 0 Å². The van der Waals surface area contributed by atoms with Crippen LogP contribution in [0.1, 0.15) is 12.8 Å². The monoisotopic (exact) mass is 220 g/mol. The fourth-order valence-electron chi connectivity index (χ4n) is 0.880. The van der Waals surface area contributed by atoms with Gasteiger partial charge in [0, 0.05) is 13.6 Å². The summed E-state index contributed by atoms with van der Waals surface area (Å²) in [6, 6.07) is -0.526. The van der Waals surface area contributed by atoms with E-state index in [0.29, 0.717) is 25.3 Å². The number of aliphatic carboxylic acids is 1. The minimum absolute atomic E-state index is 0.371. The molecule has 0 amide bonds. The molecule has 0 aromatic rings. The lowest BCUT2D eigenvalue weighted by molar-refractivity contribution is -0.139. The van der Waals surface area contributed by atoms with Gasteiger partial charge in [-0.3, -0.25) is 14.9 Å². The molecular weight excluding hydrogens is 203 g/mol. The number of hydrogen-bond donors (Lipinski definition) is 4. The molecule has 0 saturated carbocycles. The van der Waals surface area contributed by atoms with Crippen molar-refractivity contribution < 1.29 is 9.90 Å². The molecule has 0 bridgehead atoms. The number of nitrogens with two attached hydrogens (primary N) is 1. The molecule has 0 aliphatic carbocycles. The quantitative estimate of drug-likeness (QED) is 0.202. The molecule has 0 radical (unpaired) electrons. The largest absolute Gasteiger partial charge is 0.480 e. The Kier molecular flexibility index (Phi) is 7.06. The van der Waals surface area contributed by atoms with Gasteiger partial charge in [0.2, 0.25) is 0 Å². The van der Waals surface area contributed by atoms with Gasteiger partial charge in [0.1, 0.15) is 6.04 Å². The molecule has 0 aliphatic heterocycles. The van der Waals surface area contributed by atoms with Crippen LogP contribution in [0.5, 0.6) is 0 Å². The third-order valence-electron chi connectivity index (χ3n) is 1.72. The number of carboxylic acid groups (broad SMARTS) is 1. The van der Waals surface area contributed by atoms with Gasteiger partial charge in [-0.15, -0.1) is 0 Å². The first-order valence-electron chi connectivity index (χ1n) is 4.27. The van der Waals surface area contributed by atoms with E-state index in [0.717, 1.165) is 0 Å². The minimum atomic E-state index is -0.850. The topological polar surface area (TPSA) is 99.7 Å². The molecule has 2 atom stereocenters. The van der Waals surface area contributed by atoms with Gasteiger partial charge < -0.3 is 16.2 Å². The molecular formula is C7H17N4O2P. The van der Waals surface area contributed by atoms with Crippen molar-refractivity contribution in [2.45, 2.75) is 18.9 Å². The Bertz CT molecular complexity index is 210. The van der Waals surface area contributed by atoms with E-state index in [2.05, 4.69) is 24.8 Å². The second kappa shape index (κ2) is 7.53. The molecule has 2 unspecified atom stereocenters. The van der Waals surface area contributed by atoms with Crippen molar-refractivity contribution in [1.29, 1.82) is 0 Å². The van der Waals surface area contributed by atoms with Gasteiger partial charge in [-0.05, 0) is 12.8 Å². The highest BCUT2D eigenvalue weighted by molar-refractivity contribution is 7.13. The average Bonchev–Trinajstić information content (AvgIpc) is 2.16. The molecule has 0 saturated heterocycles. The van der Waals surface area contributed by atoms with Crippen molar-refractivity contribution >= 4 is 21.3 Å². The highest BCUT2D eigenvalue weighted by atomic mass is 31.0. The third kappa shape index (κ3) is 5.72. The van der Waals surface area contributed by atoms with Gasteiger partial charge in [0.25, 0.3) is 0 Å². The fraction of sp³-hybridized carbons (Fsp3) is 0.714. The zero-order chi connectivity index (χ0) is 11.0. The van der Waals surface area contributed by atoms with E-state index in [-0.39, 0.29) is 0 Å². The molecule has 7 heteroatoms. The Hall–Kier alpha value is -0.870. The van der Waals surface area contributed by atoms with Gasteiger partial charge >= 0.3 is 5.97 Å². The summed E-state index contributed by atoms with van der Waals surface area (Å²) in [4.78, 5) is 14.3. The summed E-state index contributed by atoms with van der Waals surface area (Å²) in [6.45, 7) is 0.624. The molecule has 0 aliphatic rings.